The van der Waals surface area contributed by atoms with Gasteiger partial charge in [0.25, 0.3) is 0 Å². The number of hydrogen-bond donors (Lipinski definition) is 3. The van der Waals surface area contributed by atoms with E-state index < -0.39 is 17.8 Å². The molecular weight excluding hydrogens is 278 g/mol. The first-order chi connectivity index (χ1) is 9.74. The second-order valence-electron chi connectivity index (χ2n) is 4.97. The van der Waals surface area contributed by atoms with Crippen molar-refractivity contribution in [2.75, 3.05) is 13.1 Å². The summed E-state index contributed by atoms with van der Waals surface area (Å²) in [4.78, 5) is 26.8. The van der Waals surface area contributed by atoms with Crippen LogP contribution in [0.25, 0.3) is 0 Å². The lowest BCUT2D eigenvalue weighted by atomic mass is 10.2. The maximum Gasteiger partial charge on any atom is 0.433 e. The molecule has 0 atom stereocenters. The Kier molecular flexibility index (Phi) is 8.29. The van der Waals surface area contributed by atoms with E-state index in [0.29, 0.717) is 0 Å². The van der Waals surface area contributed by atoms with Crippen molar-refractivity contribution in [3.05, 3.63) is 0 Å². The Labute approximate surface area is 123 Å². The minimum atomic E-state index is -0.798. The monoisotopic (exact) mass is 299 g/mol. The molecule has 0 spiro atoms. The van der Waals surface area contributed by atoms with Crippen LogP contribution in [-0.4, -0.2) is 36.7 Å². The van der Waals surface area contributed by atoms with Crippen LogP contribution >= 0.6 is 0 Å². The standard InChI is InChI=1S/C12H21N5O4/c1-12(2,3)20-10(18)16-8-5-9(14)17-21-11(19)15-7-4-6-13/h4-5,7-8H2,1-3H3,(H2,14,17)(H,15,19)(H,16,18). The van der Waals surface area contributed by atoms with E-state index in [1.54, 1.807) is 20.8 Å². The molecule has 0 saturated carbocycles. The predicted molar refractivity (Wildman–Crippen MR) is 75.2 cm³/mol. The highest BCUT2D eigenvalue weighted by Gasteiger charge is 2.15. The lowest BCUT2D eigenvalue weighted by Gasteiger charge is -2.19. The van der Waals surface area contributed by atoms with Gasteiger partial charge in [-0.05, 0) is 20.8 Å². The topological polar surface area (TPSA) is 139 Å². The molecule has 0 bridgehead atoms. The second-order valence-corrected chi connectivity index (χ2v) is 4.97. The second kappa shape index (κ2) is 9.41. The first kappa shape index (κ1) is 18.5. The van der Waals surface area contributed by atoms with E-state index >= 15 is 0 Å². The molecule has 4 N–H and O–H groups in total. The van der Waals surface area contributed by atoms with E-state index in [2.05, 4.69) is 20.6 Å². The SMILES string of the molecule is CC(C)(C)OC(=O)NCCC(N)=NOC(=O)NCCC#N. The number of rotatable bonds is 6. The Morgan fingerprint density at radius 3 is 2.43 bits per heavy atom. The van der Waals surface area contributed by atoms with Crippen molar-refractivity contribution in [2.24, 2.45) is 10.9 Å². The summed E-state index contributed by atoms with van der Waals surface area (Å²) in [5.74, 6) is 0.0430. The number of hydrogen-bond acceptors (Lipinski definition) is 6. The maximum absolute atomic E-state index is 11.3. The van der Waals surface area contributed by atoms with Crippen molar-refractivity contribution in [1.29, 1.82) is 5.26 Å². The zero-order valence-corrected chi connectivity index (χ0v) is 12.4. The van der Waals surface area contributed by atoms with Gasteiger partial charge in [0, 0.05) is 19.5 Å². The van der Waals surface area contributed by atoms with Crippen LogP contribution in [0.1, 0.15) is 33.6 Å². The average Bonchev–Trinajstić information content (AvgIpc) is 2.34. The first-order valence-electron chi connectivity index (χ1n) is 6.35. The number of carbonyl (C=O) groups excluding carboxylic acids is 2. The average molecular weight is 299 g/mol. The normalized spacial score (nSPS) is 11.2. The van der Waals surface area contributed by atoms with Gasteiger partial charge in [-0.25, -0.2) is 9.59 Å². The Morgan fingerprint density at radius 1 is 1.24 bits per heavy atom. The highest BCUT2D eigenvalue weighted by Crippen LogP contribution is 2.06. The van der Waals surface area contributed by atoms with Gasteiger partial charge >= 0.3 is 12.2 Å². The molecule has 9 nitrogen and oxygen atoms in total. The highest BCUT2D eigenvalue weighted by atomic mass is 16.7. The first-order valence-corrected chi connectivity index (χ1v) is 6.35. The Bertz CT molecular complexity index is 422. The van der Waals surface area contributed by atoms with Crippen molar-refractivity contribution >= 4 is 18.0 Å². The van der Waals surface area contributed by atoms with Gasteiger partial charge in [-0.15, -0.1) is 0 Å². The van der Waals surface area contributed by atoms with Crippen LogP contribution in [-0.2, 0) is 9.57 Å². The molecule has 0 aliphatic carbocycles. The molecular formula is C12H21N5O4. The summed E-state index contributed by atoms with van der Waals surface area (Å²) in [6.07, 6.45) is -0.988. The van der Waals surface area contributed by atoms with Gasteiger partial charge in [-0.2, -0.15) is 5.26 Å². The number of carbonyl (C=O) groups is 2. The fourth-order valence-electron chi connectivity index (χ4n) is 1.01. The van der Waals surface area contributed by atoms with E-state index in [0.717, 1.165) is 0 Å². The molecule has 0 aromatic carbocycles. The number of nitrogens with zero attached hydrogens (tertiary/aromatic N) is 2. The zero-order valence-electron chi connectivity index (χ0n) is 12.4. The largest absolute Gasteiger partial charge is 0.444 e. The van der Waals surface area contributed by atoms with Crippen LogP contribution in [0.2, 0.25) is 0 Å². The van der Waals surface area contributed by atoms with E-state index in [-0.39, 0.29) is 31.8 Å². The Morgan fingerprint density at radius 2 is 1.86 bits per heavy atom. The van der Waals surface area contributed by atoms with Gasteiger partial charge < -0.3 is 21.1 Å². The van der Waals surface area contributed by atoms with Crippen molar-refractivity contribution < 1.29 is 19.2 Å². The number of alkyl carbamates (subject to hydrolysis) is 1. The number of amidine groups is 1. The maximum atomic E-state index is 11.3. The van der Waals surface area contributed by atoms with E-state index in [1.807, 2.05) is 6.07 Å². The molecule has 0 fully saturated rings. The molecule has 0 aromatic rings. The van der Waals surface area contributed by atoms with E-state index in [9.17, 15) is 9.59 Å². The predicted octanol–water partition coefficient (Wildman–Crippen LogP) is 0.813. The third-order valence-electron chi connectivity index (χ3n) is 1.80. The summed E-state index contributed by atoms with van der Waals surface area (Å²) < 4.78 is 5.02. The van der Waals surface area contributed by atoms with E-state index in [4.69, 9.17) is 15.7 Å². The molecule has 21 heavy (non-hydrogen) atoms. The molecule has 0 aliphatic rings. The van der Waals surface area contributed by atoms with E-state index in [1.165, 1.54) is 0 Å². The van der Waals surface area contributed by atoms with Gasteiger partial charge in [0.2, 0.25) is 0 Å². The molecule has 0 heterocycles. The molecule has 9 heteroatoms. The number of nitrogens with one attached hydrogen (secondary N) is 2. The van der Waals surface area contributed by atoms with Crippen LogP contribution in [0, 0.1) is 11.3 Å². The summed E-state index contributed by atoms with van der Waals surface area (Å²) in [5, 5.41) is 16.4. The summed E-state index contributed by atoms with van der Waals surface area (Å²) in [6, 6.07) is 1.86. The third kappa shape index (κ3) is 12.3. The molecule has 0 radical (unpaired) electrons. The van der Waals surface area contributed by atoms with Crippen molar-refractivity contribution in [3.63, 3.8) is 0 Å². The molecule has 0 rings (SSSR count). The van der Waals surface area contributed by atoms with Gasteiger partial charge in [0.05, 0.1) is 12.5 Å². The Hall–Kier alpha value is -2.50. The zero-order chi connectivity index (χ0) is 16.3. The number of oxime groups is 1. The van der Waals surface area contributed by atoms with Crippen molar-refractivity contribution in [3.8, 4) is 6.07 Å². The van der Waals surface area contributed by atoms with Crippen molar-refractivity contribution in [1.82, 2.24) is 10.6 Å². The van der Waals surface area contributed by atoms with Crippen LogP contribution in [0.3, 0.4) is 0 Å². The van der Waals surface area contributed by atoms with Gasteiger partial charge in [0.1, 0.15) is 11.4 Å². The molecule has 0 unspecified atom stereocenters. The minimum absolute atomic E-state index is 0.0430. The third-order valence-corrected chi connectivity index (χ3v) is 1.80. The Balaban J connectivity index is 3.86. The summed E-state index contributed by atoms with van der Waals surface area (Å²) >= 11 is 0. The van der Waals surface area contributed by atoms with Crippen LogP contribution in [0.15, 0.2) is 5.16 Å². The quantitative estimate of drug-likeness (QED) is 0.218. The number of ether oxygens (including phenoxy) is 1. The number of nitrogens with two attached hydrogens (primary N) is 1. The summed E-state index contributed by atoms with van der Waals surface area (Å²) in [6.45, 7) is 5.62. The lowest BCUT2D eigenvalue weighted by molar-refractivity contribution is 0.0529. The highest BCUT2D eigenvalue weighted by molar-refractivity contribution is 5.81. The minimum Gasteiger partial charge on any atom is -0.444 e. The molecule has 118 valence electrons. The number of amides is 2. The van der Waals surface area contributed by atoms with Gasteiger partial charge in [-0.3, -0.25) is 4.84 Å². The molecule has 0 aliphatic heterocycles. The molecule has 0 saturated heterocycles. The fourth-order valence-corrected chi connectivity index (χ4v) is 1.01. The molecule has 0 aromatic heterocycles. The summed E-state index contributed by atoms with van der Waals surface area (Å²) in [7, 11) is 0. The fraction of sp³-hybridized carbons (Fsp3) is 0.667. The smallest absolute Gasteiger partial charge is 0.433 e. The van der Waals surface area contributed by atoms with Crippen LogP contribution in [0.4, 0.5) is 9.59 Å². The van der Waals surface area contributed by atoms with Crippen LogP contribution in [0.5, 0.6) is 0 Å². The van der Waals surface area contributed by atoms with Gasteiger partial charge in [0.15, 0.2) is 0 Å². The van der Waals surface area contributed by atoms with Gasteiger partial charge in [-0.1, -0.05) is 5.16 Å². The number of nitriles is 1. The van der Waals surface area contributed by atoms with Crippen molar-refractivity contribution in [2.45, 2.75) is 39.2 Å². The van der Waals surface area contributed by atoms with Crippen LogP contribution < -0.4 is 16.4 Å². The summed E-state index contributed by atoms with van der Waals surface area (Å²) in [5.41, 5.74) is 4.92. The molecule has 2 amide bonds. The lowest BCUT2D eigenvalue weighted by Crippen LogP contribution is -2.34.